The molecular formula is C19H19FN2O2S2. The molecule has 2 aromatic heterocycles. The number of aliphatic hydroxyl groups is 1. The number of benzene rings is 1. The van der Waals surface area contributed by atoms with E-state index in [1.165, 1.54) is 34.7 Å². The van der Waals surface area contributed by atoms with E-state index in [2.05, 4.69) is 9.97 Å². The molecule has 0 bridgehead atoms. The van der Waals surface area contributed by atoms with Crippen LogP contribution in [0.1, 0.15) is 22.4 Å². The van der Waals surface area contributed by atoms with Crippen molar-refractivity contribution in [2.24, 2.45) is 0 Å². The second-order valence-corrected chi connectivity index (χ2v) is 8.38. The van der Waals surface area contributed by atoms with Gasteiger partial charge in [-0.2, -0.15) is 0 Å². The van der Waals surface area contributed by atoms with Crippen molar-refractivity contribution in [1.29, 1.82) is 0 Å². The van der Waals surface area contributed by atoms with E-state index >= 15 is 0 Å². The molecule has 1 N–H and O–H groups in total. The first-order valence-corrected chi connectivity index (χ1v) is 10.4. The summed E-state index contributed by atoms with van der Waals surface area (Å²) in [6.07, 6.45) is 4.38. The number of aromatic nitrogens is 2. The van der Waals surface area contributed by atoms with Crippen LogP contribution in [0.15, 0.2) is 35.6 Å². The van der Waals surface area contributed by atoms with E-state index in [1.807, 2.05) is 0 Å². The highest BCUT2D eigenvalue weighted by atomic mass is 32.2. The number of hydrogen-bond acceptors (Lipinski definition) is 6. The molecular weight excluding hydrogens is 371 g/mol. The summed E-state index contributed by atoms with van der Waals surface area (Å²) in [6.45, 7) is 0.321. The highest BCUT2D eigenvalue weighted by molar-refractivity contribution is 7.99. The molecule has 7 heteroatoms. The average Bonchev–Trinajstić information content (AvgIpc) is 3.22. The molecule has 1 aromatic carbocycles. The van der Waals surface area contributed by atoms with E-state index in [1.54, 1.807) is 35.9 Å². The largest absolute Gasteiger partial charge is 0.390 e. The lowest BCUT2D eigenvalue weighted by Crippen LogP contribution is -2.18. The Balaban J connectivity index is 1.34. The fraction of sp³-hybridized carbons (Fsp3) is 0.368. The molecule has 2 heterocycles. The average molecular weight is 391 g/mol. The normalized spacial score (nSPS) is 14.7. The predicted molar refractivity (Wildman–Crippen MR) is 102 cm³/mol. The predicted octanol–water partition coefficient (Wildman–Crippen LogP) is 3.99. The Morgan fingerprint density at radius 2 is 2.15 bits per heavy atom. The number of aryl methyl sites for hydroxylation is 2. The number of hydrogen-bond donors (Lipinski definition) is 1. The molecule has 0 amide bonds. The third-order valence-electron chi connectivity index (χ3n) is 4.40. The van der Waals surface area contributed by atoms with E-state index in [0.29, 0.717) is 11.3 Å². The maximum Gasteiger partial charge on any atom is 0.128 e. The van der Waals surface area contributed by atoms with E-state index < -0.39 is 6.10 Å². The van der Waals surface area contributed by atoms with Crippen molar-refractivity contribution >= 4 is 33.3 Å². The van der Waals surface area contributed by atoms with Crippen LogP contribution in [0.2, 0.25) is 0 Å². The summed E-state index contributed by atoms with van der Waals surface area (Å²) in [6, 6.07) is 6.51. The van der Waals surface area contributed by atoms with Crippen molar-refractivity contribution in [2.45, 2.75) is 37.0 Å². The van der Waals surface area contributed by atoms with Gasteiger partial charge in [0, 0.05) is 21.6 Å². The quantitative estimate of drug-likeness (QED) is 0.488. The minimum Gasteiger partial charge on any atom is -0.390 e. The molecule has 0 saturated heterocycles. The number of aliphatic hydroxyl groups excluding tert-OH is 1. The standard InChI is InChI=1S/C19H19FN2O2S2/c20-15-6-2-1-4-12(15)8-24-9-13(23)10-25-18-17-14-5-3-7-16(14)26-19(17)22-11-21-18/h1-2,4,6,11,13,23H,3,5,7-10H2/t13-/m0/s1. The Bertz CT molecular complexity index is 916. The number of nitrogens with zero attached hydrogens (tertiary/aromatic N) is 2. The van der Waals surface area contributed by atoms with Gasteiger partial charge in [-0.15, -0.1) is 23.1 Å². The molecule has 0 radical (unpaired) electrons. The van der Waals surface area contributed by atoms with E-state index in [-0.39, 0.29) is 19.0 Å². The van der Waals surface area contributed by atoms with Gasteiger partial charge in [-0.3, -0.25) is 0 Å². The Morgan fingerprint density at radius 1 is 1.27 bits per heavy atom. The van der Waals surface area contributed by atoms with Crippen LogP contribution in [0.4, 0.5) is 4.39 Å². The van der Waals surface area contributed by atoms with E-state index in [0.717, 1.165) is 28.1 Å². The smallest absolute Gasteiger partial charge is 0.128 e. The highest BCUT2D eigenvalue weighted by Crippen LogP contribution is 2.40. The summed E-state index contributed by atoms with van der Waals surface area (Å²) in [5.41, 5.74) is 1.89. The van der Waals surface area contributed by atoms with E-state index in [9.17, 15) is 9.50 Å². The van der Waals surface area contributed by atoms with Crippen LogP contribution in [0, 0.1) is 5.82 Å². The van der Waals surface area contributed by atoms with Crippen LogP contribution in [0.5, 0.6) is 0 Å². The second-order valence-electron chi connectivity index (χ2n) is 6.29. The van der Waals surface area contributed by atoms with Crippen molar-refractivity contribution < 1.29 is 14.2 Å². The number of fused-ring (bicyclic) bond motifs is 3. The molecule has 1 aliphatic rings. The summed E-state index contributed by atoms with van der Waals surface area (Å²) in [5.74, 6) is 0.194. The zero-order valence-corrected chi connectivity index (χ0v) is 15.8. The third kappa shape index (κ3) is 3.76. The minimum atomic E-state index is -0.636. The number of rotatable bonds is 7. The van der Waals surface area contributed by atoms with Crippen LogP contribution in [0.3, 0.4) is 0 Å². The molecule has 4 rings (SSSR count). The van der Waals surface area contributed by atoms with Gasteiger partial charge in [0.1, 0.15) is 22.0 Å². The van der Waals surface area contributed by atoms with Gasteiger partial charge in [-0.05, 0) is 30.9 Å². The van der Waals surface area contributed by atoms with Gasteiger partial charge >= 0.3 is 0 Å². The molecule has 0 unspecified atom stereocenters. The number of thioether (sulfide) groups is 1. The van der Waals surface area contributed by atoms with E-state index in [4.69, 9.17) is 4.74 Å². The van der Waals surface area contributed by atoms with Gasteiger partial charge in [-0.1, -0.05) is 18.2 Å². The zero-order valence-electron chi connectivity index (χ0n) is 14.2. The fourth-order valence-corrected chi connectivity index (χ4v) is 5.38. The van der Waals surface area contributed by atoms with Gasteiger partial charge < -0.3 is 9.84 Å². The molecule has 0 saturated carbocycles. The fourth-order valence-electron chi connectivity index (χ4n) is 3.15. The molecule has 0 aliphatic heterocycles. The summed E-state index contributed by atoms with van der Waals surface area (Å²) in [5, 5.41) is 12.3. The molecule has 0 spiro atoms. The molecule has 4 nitrogen and oxygen atoms in total. The van der Waals surface area contributed by atoms with Crippen LogP contribution in [-0.2, 0) is 24.2 Å². The molecule has 26 heavy (non-hydrogen) atoms. The second kappa shape index (κ2) is 8.00. The summed E-state index contributed by atoms with van der Waals surface area (Å²) in [4.78, 5) is 11.3. The van der Waals surface area contributed by atoms with Crippen molar-refractivity contribution in [3.05, 3.63) is 52.4 Å². The van der Waals surface area contributed by atoms with Crippen LogP contribution in [-0.4, -0.2) is 33.5 Å². The van der Waals surface area contributed by atoms with Crippen molar-refractivity contribution in [1.82, 2.24) is 9.97 Å². The molecule has 1 atom stereocenters. The van der Waals surface area contributed by atoms with Crippen LogP contribution < -0.4 is 0 Å². The number of ether oxygens (including phenoxy) is 1. The third-order valence-corrected chi connectivity index (χ3v) is 6.74. The summed E-state index contributed by atoms with van der Waals surface area (Å²) in [7, 11) is 0. The Kier molecular flexibility index (Phi) is 5.49. The Hall–Kier alpha value is -1.54. The van der Waals surface area contributed by atoms with Crippen LogP contribution >= 0.6 is 23.1 Å². The summed E-state index contributed by atoms with van der Waals surface area (Å²) >= 11 is 3.29. The maximum absolute atomic E-state index is 13.6. The van der Waals surface area contributed by atoms with Crippen molar-refractivity contribution in [3.8, 4) is 0 Å². The lowest BCUT2D eigenvalue weighted by Gasteiger charge is -2.11. The maximum atomic E-state index is 13.6. The van der Waals surface area contributed by atoms with Gasteiger partial charge in [0.05, 0.1) is 19.3 Å². The molecule has 136 valence electrons. The topological polar surface area (TPSA) is 55.2 Å². The first kappa shape index (κ1) is 17.9. The Morgan fingerprint density at radius 3 is 3.04 bits per heavy atom. The first-order chi connectivity index (χ1) is 12.7. The number of thiophene rings is 1. The van der Waals surface area contributed by atoms with Gasteiger partial charge in [0.15, 0.2) is 0 Å². The summed E-state index contributed by atoms with van der Waals surface area (Å²) < 4.78 is 19.0. The zero-order chi connectivity index (χ0) is 17.9. The molecule has 0 fully saturated rings. The van der Waals surface area contributed by atoms with Gasteiger partial charge in [0.2, 0.25) is 0 Å². The lowest BCUT2D eigenvalue weighted by molar-refractivity contribution is 0.0387. The highest BCUT2D eigenvalue weighted by Gasteiger charge is 2.21. The van der Waals surface area contributed by atoms with Crippen molar-refractivity contribution in [2.75, 3.05) is 12.4 Å². The number of halogens is 1. The Labute approximate surface area is 159 Å². The molecule has 1 aliphatic carbocycles. The van der Waals surface area contributed by atoms with Crippen molar-refractivity contribution in [3.63, 3.8) is 0 Å². The van der Waals surface area contributed by atoms with Crippen LogP contribution in [0.25, 0.3) is 10.2 Å². The first-order valence-electron chi connectivity index (χ1n) is 8.59. The monoisotopic (exact) mass is 390 g/mol. The van der Waals surface area contributed by atoms with Gasteiger partial charge in [0.25, 0.3) is 0 Å². The lowest BCUT2D eigenvalue weighted by atomic mass is 10.2. The van der Waals surface area contributed by atoms with Gasteiger partial charge in [-0.25, -0.2) is 14.4 Å². The minimum absolute atomic E-state index is 0.157. The SMILES string of the molecule is O[C@@H](COCc1ccccc1F)CSc1ncnc2sc3c(c12)CCC3. The molecule has 3 aromatic rings.